The van der Waals surface area contributed by atoms with Gasteiger partial charge in [-0.25, -0.2) is 0 Å². The maximum Gasteiger partial charge on any atom is 0.226 e. The van der Waals surface area contributed by atoms with E-state index in [1.807, 2.05) is 6.07 Å². The van der Waals surface area contributed by atoms with Gasteiger partial charge in [0.05, 0.1) is 12.1 Å². The van der Waals surface area contributed by atoms with E-state index in [-0.39, 0.29) is 18.2 Å². The van der Waals surface area contributed by atoms with Crippen LogP contribution in [-0.4, -0.2) is 23.0 Å². The van der Waals surface area contributed by atoms with Gasteiger partial charge in [0.1, 0.15) is 18.2 Å². The van der Waals surface area contributed by atoms with Gasteiger partial charge in [0.2, 0.25) is 5.91 Å². The number of carbonyl (C=O) groups is 2. The first kappa shape index (κ1) is 15.4. The van der Waals surface area contributed by atoms with Crippen LogP contribution in [0.2, 0.25) is 0 Å². The molecule has 0 bridgehead atoms. The number of nitrogens with two attached hydrogens (primary N) is 1. The first-order valence-electron chi connectivity index (χ1n) is 6.69. The van der Waals surface area contributed by atoms with Crippen LogP contribution in [0.5, 0.6) is 0 Å². The summed E-state index contributed by atoms with van der Waals surface area (Å²) < 4.78 is 0. The van der Waals surface area contributed by atoms with Crippen LogP contribution in [0, 0.1) is 5.41 Å². The highest BCUT2D eigenvalue weighted by molar-refractivity contribution is 5.95. The van der Waals surface area contributed by atoms with Crippen molar-refractivity contribution in [1.29, 1.82) is 5.41 Å². The molecule has 1 atom stereocenters. The van der Waals surface area contributed by atoms with Crippen molar-refractivity contribution in [2.45, 2.75) is 12.5 Å². The number of aldehydes is 1. The zero-order valence-electron chi connectivity index (χ0n) is 11.8. The van der Waals surface area contributed by atoms with Crippen molar-refractivity contribution in [3.05, 3.63) is 65.5 Å². The molecule has 4 N–H and O–H groups in total. The van der Waals surface area contributed by atoms with Crippen LogP contribution in [-0.2, 0) is 16.0 Å². The van der Waals surface area contributed by atoms with E-state index >= 15 is 0 Å². The second-order valence-corrected chi connectivity index (χ2v) is 4.72. The standard InChI is InChI=1S/C16H16N4O2/c17-16(18)12-6-7-19-13(8-12)9-15(22)20-14(10-21)11-4-2-1-3-5-11/h1-8,10,14H,9H2,(H3,17,18)(H,20,22). The number of hydrogen-bond donors (Lipinski definition) is 3. The Balaban J connectivity index is 2.04. The summed E-state index contributed by atoms with van der Waals surface area (Å²) in [7, 11) is 0. The number of carbonyl (C=O) groups excluding carboxylic acids is 2. The van der Waals surface area contributed by atoms with Gasteiger partial charge in [0, 0.05) is 11.8 Å². The number of hydrogen-bond acceptors (Lipinski definition) is 4. The predicted octanol–water partition coefficient (Wildman–Crippen LogP) is 0.965. The van der Waals surface area contributed by atoms with E-state index < -0.39 is 6.04 Å². The molecular formula is C16H16N4O2. The topological polar surface area (TPSA) is 109 Å². The molecule has 0 saturated carbocycles. The summed E-state index contributed by atoms with van der Waals surface area (Å²) in [6, 6.07) is 11.5. The fourth-order valence-electron chi connectivity index (χ4n) is 1.99. The Labute approximate surface area is 127 Å². The van der Waals surface area contributed by atoms with Gasteiger partial charge in [-0.3, -0.25) is 15.2 Å². The van der Waals surface area contributed by atoms with Crippen LogP contribution in [0.15, 0.2) is 48.7 Å². The van der Waals surface area contributed by atoms with Crippen LogP contribution in [0.4, 0.5) is 0 Å². The molecule has 6 nitrogen and oxygen atoms in total. The van der Waals surface area contributed by atoms with E-state index in [4.69, 9.17) is 11.1 Å². The van der Waals surface area contributed by atoms with Crippen LogP contribution in [0.25, 0.3) is 0 Å². The molecule has 6 heteroatoms. The molecule has 0 saturated heterocycles. The van der Waals surface area contributed by atoms with E-state index in [0.717, 1.165) is 5.56 Å². The number of nitrogen functional groups attached to an aromatic ring is 1. The van der Waals surface area contributed by atoms with Gasteiger partial charge >= 0.3 is 0 Å². The number of amidine groups is 1. The molecule has 1 aromatic heterocycles. The summed E-state index contributed by atoms with van der Waals surface area (Å²) in [4.78, 5) is 27.3. The molecule has 0 radical (unpaired) electrons. The van der Waals surface area contributed by atoms with Crippen molar-refractivity contribution in [3.8, 4) is 0 Å². The summed E-state index contributed by atoms with van der Waals surface area (Å²) >= 11 is 0. The maximum atomic E-state index is 12.0. The molecular weight excluding hydrogens is 280 g/mol. The first-order chi connectivity index (χ1) is 10.6. The van der Waals surface area contributed by atoms with Gasteiger partial charge in [0.15, 0.2) is 0 Å². The molecule has 1 unspecified atom stereocenters. The highest BCUT2D eigenvalue weighted by Gasteiger charge is 2.14. The number of nitrogens with one attached hydrogen (secondary N) is 2. The lowest BCUT2D eigenvalue weighted by molar-refractivity contribution is -0.123. The first-order valence-corrected chi connectivity index (χ1v) is 6.69. The van der Waals surface area contributed by atoms with Gasteiger partial charge < -0.3 is 15.8 Å². The third-order valence-electron chi connectivity index (χ3n) is 3.08. The SMILES string of the molecule is N=C(N)c1ccnc(CC(=O)NC(C=O)c2ccccc2)c1. The Morgan fingerprint density at radius 3 is 2.68 bits per heavy atom. The highest BCUT2D eigenvalue weighted by atomic mass is 16.2. The van der Waals surface area contributed by atoms with Gasteiger partial charge in [-0.15, -0.1) is 0 Å². The largest absolute Gasteiger partial charge is 0.384 e. The number of pyridine rings is 1. The van der Waals surface area contributed by atoms with Crippen LogP contribution < -0.4 is 11.1 Å². The van der Waals surface area contributed by atoms with Crippen LogP contribution >= 0.6 is 0 Å². The zero-order chi connectivity index (χ0) is 15.9. The van der Waals surface area contributed by atoms with E-state index in [0.29, 0.717) is 17.5 Å². The number of rotatable bonds is 6. The summed E-state index contributed by atoms with van der Waals surface area (Å²) in [5.41, 5.74) is 7.12. The predicted molar refractivity (Wildman–Crippen MR) is 82.3 cm³/mol. The Morgan fingerprint density at radius 1 is 1.32 bits per heavy atom. The lowest BCUT2D eigenvalue weighted by atomic mass is 10.1. The van der Waals surface area contributed by atoms with Crippen molar-refractivity contribution < 1.29 is 9.59 Å². The van der Waals surface area contributed by atoms with Crippen molar-refractivity contribution in [2.24, 2.45) is 5.73 Å². The molecule has 1 heterocycles. The van der Waals surface area contributed by atoms with Crippen LogP contribution in [0.1, 0.15) is 22.9 Å². The molecule has 2 aromatic rings. The molecule has 1 amide bonds. The lowest BCUT2D eigenvalue weighted by Gasteiger charge is -2.13. The van der Waals surface area contributed by atoms with Crippen molar-refractivity contribution in [2.75, 3.05) is 0 Å². The van der Waals surface area contributed by atoms with Gasteiger partial charge in [-0.1, -0.05) is 30.3 Å². The zero-order valence-corrected chi connectivity index (χ0v) is 11.8. The quantitative estimate of drug-likeness (QED) is 0.419. The summed E-state index contributed by atoms with van der Waals surface area (Å²) in [5.74, 6) is -0.409. The molecule has 0 spiro atoms. The lowest BCUT2D eigenvalue weighted by Crippen LogP contribution is -2.31. The number of amides is 1. The molecule has 0 aliphatic heterocycles. The Kier molecular flexibility index (Phi) is 4.98. The minimum absolute atomic E-state index is 0.0122. The van der Waals surface area contributed by atoms with E-state index in [1.54, 1.807) is 36.4 Å². The minimum atomic E-state index is -0.690. The highest BCUT2D eigenvalue weighted by Crippen LogP contribution is 2.10. The smallest absolute Gasteiger partial charge is 0.226 e. The van der Waals surface area contributed by atoms with Crippen molar-refractivity contribution in [3.63, 3.8) is 0 Å². The van der Waals surface area contributed by atoms with Gasteiger partial charge in [-0.2, -0.15) is 0 Å². The molecule has 2 rings (SSSR count). The minimum Gasteiger partial charge on any atom is -0.384 e. The van der Waals surface area contributed by atoms with Gasteiger partial charge in [0.25, 0.3) is 0 Å². The Bertz CT molecular complexity index is 686. The molecule has 1 aromatic carbocycles. The average molecular weight is 296 g/mol. The summed E-state index contributed by atoms with van der Waals surface area (Å²) in [6.07, 6.45) is 2.19. The number of benzene rings is 1. The van der Waals surface area contributed by atoms with Crippen molar-refractivity contribution >= 4 is 18.0 Å². The normalized spacial score (nSPS) is 11.5. The third kappa shape index (κ3) is 3.99. The second kappa shape index (κ2) is 7.12. The fourth-order valence-corrected chi connectivity index (χ4v) is 1.99. The van der Waals surface area contributed by atoms with E-state index in [9.17, 15) is 9.59 Å². The van der Waals surface area contributed by atoms with Crippen molar-refractivity contribution in [1.82, 2.24) is 10.3 Å². The summed E-state index contributed by atoms with van der Waals surface area (Å²) in [5, 5.41) is 10.0. The molecule has 0 aliphatic carbocycles. The number of aromatic nitrogens is 1. The Hall–Kier alpha value is -3.02. The monoisotopic (exact) mass is 296 g/mol. The maximum absolute atomic E-state index is 12.0. The van der Waals surface area contributed by atoms with Crippen LogP contribution in [0.3, 0.4) is 0 Å². The summed E-state index contributed by atoms with van der Waals surface area (Å²) in [6.45, 7) is 0. The number of nitrogens with zero attached hydrogens (tertiary/aromatic N) is 1. The van der Waals surface area contributed by atoms with Gasteiger partial charge in [-0.05, 0) is 17.7 Å². The van der Waals surface area contributed by atoms with E-state index in [1.165, 1.54) is 6.20 Å². The fraction of sp³-hybridized carbons (Fsp3) is 0.125. The third-order valence-corrected chi connectivity index (χ3v) is 3.08. The molecule has 0 fully saturated rings. The second-order valence-electron chi connectivity index (χ2n) is 4.72. The van der Waals surface area contributed by atoms with E-state index in [2.05, 4.69) is 10.3 Å². The molecule has 112 valence electrons. The Morgan fingerprint density at radius 2 is 2.05 bits per heavy atom. The molecule has 22 heavy (non-hydrogen) atoms. The molecule has 0 aliphatic rings. The average Bonchev–Trinajstić information content (AvgIpc) is 2.53.